The predicted octanol–water partition coefficient (Wildman–Crippen LogP) is 3.80. The fraction of sp³-hybridized carbons (Fsp3) is 0.243. The van der Waals surface area contributed by atoms with Gasteiger partial charge in [-0.1, -0.05) is 29.9 Å². The Morgan fingerprint density at radius 1 is 0.706 bits per heavy atom. The van der Waals surface area contributed by atoms with Crippen LogP contribution in [0.25, 0.3) is 6.08 Å². The van der Waals surface area contributed by atoms with Gasteiger partial charge < -0.3 is 30.3 Å². The summed E-state index contributed by atoms with van der Waals surface area (Å²) < 4.78 is 5.22. The number of ether oxygens (including phenoxy) is 1. The maximum Gasteiger partial charge on any atom is 0.339 e. The Hall–Kier alpha value is -6.44. The molecule has 51 heavy (non-hydrogen) atoms. The number of fused-ring (bicyclic) bond motifs is 4. The first kappa shape index (κ1) is 33.1. The zero-order valence-corrected chi connectivity index (χ0v) is 26.8. The molecule has 0 bridgehead atoms. The van der Waals surface area contributed by atoms with Crippen molar-refractivity contribution in [2.24, 2.45) is 35.5 Å². The van der Waals surface area contributed by atoms with Gasteiger partial charge in [-0.15, -0.1) is 0 Å². The van der Waals surface area contributed by atoms with Gasteiger partial charge in [-0.3, -0.25) is 19.2 Å². The van der Waals surface area contributed by atoms with Crippen molar-refractivity contribution in [2.75, 3.05) is 16.9 Å². The lowest BCUT2D eigenvalue weighted by Gasteiger charge is -2.42. The number of hydrogen-bond acceptors (Lipinski definition) is 10. The van der Waals surface area contributed by atoms with Gasteiger partial charge in [0, 0.05) is 18.1 Å². The molecule has 6 atom stereocenters. The molecule has 4 amide bonds. The summed E-state index contributed by atoms with van der Waals surface area (Å²) in [5.74, 6) is -11.3. The van der Waals surface area contributed by atoms with E-state index in [1.165, 1.54) is 25.3 Å². The molecule has 0 aromatic heterocycles. The predicted molar refractivity (Wildman–Crippen MR) is 177 cm³/mol. The lowest BCUT2D eigenvalue weighted by atomic mass is 9.58. The molecular weight excluding hydrogens is 664 g/mol. The third-order valence-corrected chi connectivity index (χ3v) is 10.3. The number of benzene rings is 3. The van der Waals surface area contributed by atoms with Gasteiger partial charge in [0.25, 0.3) is 0 Å². The molecular formula is C37H30N2O12. The maximum absolute atomic E-state index is 14.2. The highest BCUT2D eigenvalue weighted by molar-refractivity contribution is 6.24. The zero-order valence-electron chi connectivity index (χ0n) is 26.8. The average molecular weight is 695 g/mol. The van der Waals surface area contributed by atoms with Crippen molar-refractivity contribution in [3.8, 4) is 23.0 Å². The van der Waals surface area contributed by atoms with Gasteiger partial charge in [-0.25, -0.2) is 19.4 Å². The summed E-state index contributed by atoms with van der Waals surface area (Å²) in [5, 5.41) is 49.5. The number of phenolic OH excluding ortho intramolecular Hbond substituents is 1. The quantitative estimate of drug-likeness (QED) is 0.176. The first-order valence-corrected chi connectivity index (χ1v) is 16.0. The fourth-order valence-electron chi connectivity index (χ4n) is 8.05. The Bertz CT molecular complexity index is 2140. The normalized spacial score (nSPS) is 25.5. The van der Waals surface area contributed by atoms with Crippen LogP contribution in [0.1, 0.15) is 39.1 Å². The minimum absolute atomic E-state index is 0.00206. The largest absolute Gasteiger partial charge is 0.507 e. The third kappa shape index (κ3) is 5.18. The summed E-state index contributed by atoms with van der Waals surface area (Å²) in [6.07, 6.45) is 5.44. The summed E-state index contributed by atoms with van der Waals surface area (Å²) in [4.78, 5) is 81.1. The maximum atomic E-state index is 14.2. The van der Waals surface area contributed by atoms with Gasteiger partial charge >= 0.3 is 11.9 Å². The molecule has 6 unspecified atom stereocenters. The van der Waals surface area contributed by atoms with Gasteiger partial charge in [0.1, 0.15) is 22.6 Å². The number of nitrogens with zero attached hydrogens (tertiary/aromatic N) is 2. The lowest BCUT2D eigenvalue weighted by Crippen LogP contribution is -2.43. The molecule has 14 heteroatoms. The number of aromatic hydroxyl groups is 3. The molecule has 7 rings (SSSR count). The standard InChI is InChI=1S/C37H30N2O12/c1-51-29-12-16(3-11-26(29)40)2-6-20-19-9-10-23-31(35(46)38(32(23)43)17-4-7-21(36(47)48)27(41)13-17)24(19)15-25-30(20)34(45)39(33(25)44)18-5-8-22(37(49)50)28(42)14-18/h2-9,11-14,20,23-25,30-31,40-42H,10,15H2,1H3,(H,47,48)(H,49,50). The van der Waals surface area contributed by atoms with E-state index in [0.717, 1.165) is 34.1 Å². The van der Waals surface area contributed by atoms with E-state index in [9.17, 15) is 54.3 Å². The second-order valence-electron chi connectivity index (χ2n) is 12.9. The number of methoxy groups -OCH3 is 1. The Labute approximate surface area is 289 Å². The van der Waals surface area contributed by atoms with E-state index in [2.05, 4.69) is 0 Å². The summed E-state index contributed by atoms with van der Waals surface area (Å²) in [5.41, 5.74) is 0.436. The van der Waals surface area contributed by atoms with Crippen molar-refractivity contribution in [3.05, 3.63) is 89.0 Å². The minimum Gasteiger partial charge on any atom is -0.507 e. The van der Waals surface area contributed by atoms with E-state index in [4.69, 9.17) is 4.74 Å². The molecule has 1 saturated carbocycles. The first-order valence-electron chi connectivity index (χ1n) is 16.0. The van der Waals surface area contributed by atoms with E-state index < -0.39 is 93.7 Å². The number of carbonyl (C=O) groups excluding carboxylic acids is 4. The summed E-state index contributed by atoms with van der Waals surface area (Å²) >= 11 is 0. The van der Waals surface area contributed by atoms with Crippen LogP contribution >= 0.6 is 0 Å². The zero-order chi connectivity index (χ0) is 36.5. The van der Waals surface area contributed by atoms with Crippen LogP contribution in [0.2, 0.25) is 0 Å². The molecule has 3 aromatic carbocycles. The Kier molecular flexibility index (Phi) is 7.88. The number of hydrogen-bond donors (Lipinski definition) is 5. The van der Waals surface area contributed by atoms with Crippen molar-refractivity contribution in [3.63, 3.8) is 0 Å². The Morgan fingerprint density at radius 3 is 1.82 bits per heavy atom. The molecule has 4 aliphatic rings. The number of carbonyl (C=O) groups is 6. The number of aromatic carboxylic acids is 2. The van der Waals surface area contributed by atoms with Gasteiger partial charge in [-0.05, 0) is 60.7 Å². The number of rotatable bonds is 7. The lowest BCUT2D eigenvalue weighted by molar-refractivity contribution is -0.126. The molecule has 2 saturated heterocycles. The van der Waals surface area contributed by atoms with Crippen LogP contribution < -0.4 is 14.5 Å². The van der Waals surface area contributed by atoms with Crippen LogP contribution in [0.3, 0.4) is 0 Å². The molecule has 2 heterocycles. The second-order valence-corrected chi connectivity index (χ2v) is 12.9. The molecule has 2 aliphatic heterocycles. The van der Waals surface area contributed by atoms with Gasteiger partial charge in [0.15, 0.2) is 11.5 Å². The average Bonchev–Trinajstić information content (AvgIpc) is 3.50. The first-order chi connectivity index (χ1) is 24.3. The van der Waals surface area contributed by atoms with Crippen LogP contribution in [0.4, 0.5) is 11.4 Å². The fourth-order valence-corrected chi connectivity index (χ4v) is 8.05. The van der Waals surface area contributed by atoms with Crippen LogP contribution in [0, 0.1) is 35.5 Å². The summed E-state index contributed by atoms with van der Waals surface area (Å²) in [7, 11) is 1.39. The molecule has 14 nitrogen and oxygen atoms in total. The third-order valence-electron chi connectivity index (χ3n) is 10.3. The van der Waals surface area contributed by atoms with Crippen LogP contribution in [-0.4, -0.2) is 68.2 Å². The van der Waals surface area contributed by atoms with Crippen molar-refractivity contribution < 1.29 is 59.0 Å². The number of carboxylic acid groups (broad SMARTS) is 2. The summed E-state index contributed by atoms with van der Waals surface area (Å²) in [6, 6.07) is 11.4. The molecule has 5 N–H and O–H groups in total. The highest BCUT2D eigenvalue weighted by Crippen LogP contribution is 2.56. The van der Waals surface area contributed by atoms with E-state index in [0.29, 0.717) is 11.1 Å². The van der Waals surface area contributed by atoms with Crippen LogP contribution in [0.5, 0.6) is 23.0 Å². The van der Waals surface area contributed by atoms with Crippen molar-refractivity contribution in [1.82, 2.24) is 0 Å². The smallest absolute Gasteiger partial charge is 0.339 e. The van der Waals surface area contributed by atoms with Gasteiger partial charge in [0.2, 0.25) is 23.6 Å². The highest BCUT2D eigenvalue weighted by atomic mass is 16.5. The molecule has 0 spiro atoms. The minimum atomic E-state index is -1.40. The number of imide groups is 2. The Balaban J connectivity index is 1.29. The molecule has 3 fully saturated rings. The van der Waals surface area contributed by atoms with Crippen molar-refractivity contribution in [2.45, 2.75) is 12.8 Å². The van der Waals surface area contributed by atoms with Crippen molar-refractivity contribution >= 4 is 53.0 Å². The van der Waals surface area contributed by atoms with Crippen LogP contribution in [0.15, 0.2) is 72.3 Å². The van der Waals surface area contributed by atoms with Gasteiger partial charge in [0.05, 0.1) is 42.2 Å². The van der Waals surface area contributed by atoms with E-state index in [1.54, 1.807) is 24.3 Å². The summed E-state index contributed by atoms with van der Waals surface area (Å²) in [6.45, 7) is 0. The number of carboxylic acids is 2. The van der Waals surface area contributed by atoms with Crippen LogP contribution in [-0.2, 0) is 19.2 Å². The Morgan fingerprint density at radius 2 is 1.27 bits per heavy atom. The monoisotopic (exact) mass is 694 g/mol. The molecule has 0 radical (unpaired) electrons. The highest BCUT2D eigenvalue weighted by Gasteiger charge is 2.61. The molecule has 3 aromatic rings. The topological polar surface area (TPSA) is 219 Å². The second kappa shape index (κ2) is 12.2. The number of phenols is 3. The van der Waals surface area contributed by atoms with E-state index in [1.807, 2.05) is 6.08 Å². The van der Waals surface area contributed by atoms with E-state index in [-0.39, 0.29) is 35.7 Å². The number of anilines is 2. The van der Waals surface area contributed by atoms with Crippen molar-refractivity contribution in [1.29, 1.82) is 0 Å². The van der Waals surface area contributed by atoms with E-state index >= 15 is 0 Å². The molecule has 260 valence electrons. The van der Waals surface area contributed by atoms with Gasteiger partial charge in [-0.2, -0.15) is 0 Å². The number of amides is 4. The SMILES string of the molecule is COc1cc(C=CC2C3=CCC4C(=O)N(c5ccc(C(=O)O)c(O)c5)C(=O)C4C3CC3C(=O)N(c4ccc(C(=O)O)c(O)c4)C(=O)C23)ccc1O. The molecule has 2 aliphatic carbocycles. The number of allylic oxidation sites excluding steroid dienone is 3.